The summed E-state index contributed by atoms with van der Waals surface area (Å²) in [4.78, 5) is 4.34. The molecule has 0 aliphatic carbocycles. The maximum Gasteiger partial charge on any atom is 0.282 e. The number of nitrogens with zero attached hydrogens (tertiary/aromatic N) is 1. The highest BCUT2D eigenvalue weighted by atomic mass is 79.9. The Labute approximate surface area is 102 Å². The van der Waals surface area contributed by atoms with Gasteiger partial charge < -0.3 is 15.2 Å². The Morgan fingerprint density at radius 1 is 1.31 bits per heavy atom. The van der Waals surface area contributed by atoms with Gasteiger partial charge in [-0.2, -0.15) is 0 Å². The van der Waals surface area contributed by atoms with Crippen LogP contribution in [0.1, 0.15) is 5.56 Å². The molecule has 2 aliphatic heterocycles. The van der Waals surface area contributed by atoms with E-state index in [0.717, 1.165) is 22.2 Å². The van der Waals surface area contributed by atoms with Crippen molar-refractivity contribution >= 4 is 22.0 Å². The number of hydrogen-bond acceptors (Lipinski definition) is 4. The van der Waals surface area contributed by atoms with Crippen LogP contribution in [0.25, 0.3) is 0 Å². The number of aliphatic imine (C=N–C) groups is 1. The van der Waals surface area contributed by atoms with Crippen LogP contribution in [0.3, 0.4) is 0 Å². The molecular weight excluding hydrogens is 272 g/mol. The molecule has 1 aromatic rings. The minimum Gasteiger partial charge on any atom is -0.489 e. The van der Waals surface area contributed by atoms with E-state index < -0.39 is 0 Å². The van der Waals surface area contributed by atoms with E-state index in [1.165, 1.54) is 0 Å². The number of halogens is 1. The number of para-hydroxylation sites is 1. The Bertz CT molecular complexity index is 475. The molecule has 84 valence electrons. The number of rotatable bonds is 0. The molecule has 1 atom stereocenters. The number of fused-ring (bicyclic) bond motifs is 1. The van der Waals surface area contributed by atoms with Gasteiger partial charge in [0.2, 0.25) is 0 Å². The molecule has 2 heterocycles. The molecule has 1 aromatic carbocycles. The van der Waals surface area contributed by atoms with Crippen LogP contribution < -0.4 is 10.5 Å². The number of hydrogen-bond donors (Lipinski definition) is 1. The van der Waals surface area contributed by atoms with Crippen LogP contribution in [-0.4, -0.2) is 24.8 Å². The van der Waals surface area contributed by atoms with Gasteiger partial charge in [-0.15, -0.1) is 0 Å². The third-order valence-electron chi connectivity index (χ3n) is 2.89. The fourth-order valence-electron chi connectivity index (χ4n) is 2.14. The quantitative estimate of drug-likeness (QED) is 0.784. The van der Waals surface area contributed by atoms with Gasteiger partial charge in [-0.25, -0.2) is 4.99 Å². The summed E-state index contributed by atoms with van der Waals surface area (Å²) in [5.74, 6) is 0.911. The molecule has 4 nitrogen and oxygen atoms in total. The lowest BCUT2D eigenvalue weighted by Crippen LogP contribution is -2.41. The van der Waals surface area contributed by atoms with Crippen molar-refractivity contribution in [3.05, 3.63) is 28.2 Å². The first kappa shape index (κ1) is 9.96. The van der Waals surface area contributed by atoms with E-state index >= 15 is 0 Å². The van der Waals surface area contributed by atoms with Crippen LogP contribution in [-0.2, 0) is 11.2 Å². The van der Waals surface area contributed by atoms with Gasteiger partial charge in [0.15, 0.2) is 0 Å². The highest BCUT2D eigenvalue weighted by Gasteiger charge is 2.41. The SMILES string of the molecule is NC1=NC2(CO1)COc1c(Br)cccc1C2. The summed E-state index contributed by atoms with van der Waals surface area (Å²) < 4.78 is 12.0. The molecule has 0 aromatic heterocycles. The Balaban J connectivity index is 1.98. The van der Waals surface area contributed by atoms with E-state index in [2.05, 4.69) is 20.9 Å². The largest absolute Gasteiger partial charge is 0.489 e. The second-order valence-electron chi connectivity index (χ2n) is 4.16. The molecule has 0 saturated carbocycles. The minimum atomic E-state index is -0.322. The average molecular weight is 283 g/mol. The minimum absolute atomic E-state index is 0.266. The zero-order chi connectivity index (χ0) is 11.2. The second kappa shape index (κ2) is 3.38. The molecule has 16 heavy (non-hydrogen) atoms. The van der Waals surface area contributed by atoms with E-state index in [4.69, 9.17) is 15.2 Å². The molecule has 0 radical (unpaired) electrons. The van der Waals surface area contributed by atoms with Gasteiger partial charge in [-0.3, -0.25) is 0 Å². The standard InChI is InChI=1S/C11H11BrN2O2/c12-8-3-1-2-7-4-11(5-15-9(7)8)6-16-10(13)14-11/h1-3H,4-6H2,(H2,13,14). The molecule has 0 saturated heterocycles. The van der Waals surface area contributed by atoms with Gasteiger partial charge >= 0.3 is 0 Å². The first-order valence-corrected chi connectivity index (χ1v) is 5.86. The van der Waals surface area contributed by atoms with E-state index in [9.17, 15) is 0 Å². The summed E-state index contributed by atoms with van der Waals surface area (Å²) in [6.45, 7) is 1.02. The summed E-state index contributed by atoms with van der Waals surface area (Å²) in [5, 5.41) is 0. The fraction of sp³-hybridized carbons (Fsp3) is 0.364. The zero-order valence-corrected chi connectivity index (χ0v) is 10.2. The van der Waals surface area contributed by atoms with Crippen molar-refractivity contribution in [3.63, 3.8) is 0 Å². The molecule has 2 N–H and O–H groups in total. The monoisotopic (exact) mass is 282 g/mol. The molecule has 0 amide bonds. The highest BCUT2D eigenvalue weighted by Crippen LogP contribution is 2.38. The predicted molar refractivity (Wildman–Crippen MR) is 63.6 cm³/mol. The molecule has 3 rings (SSSR count). The van der Waals surface area contributed by atoms with Gasteiger partial charge in [0.1, 0.15) is 24.5 Å². The molecule has 1 spiro atoms. The Morgan fingerprint density at radius 2 is 2.12 bits per heavy atom. The molecule has 0 fully saturated rings. The summed E-state index contributed by atoms with van der Waals surface area (Å²) in [7, 11) is 0. The summed E-state index contributed by atoms with van der Waals surface area (Å²) in [6, 6.07) is 6.28. The average Bonchev–Trinajstić information content (AvgIpc) is 2.60. The van der Waals surface area contributed by atoms with Gasteiger partial charge in [-0.1, -0.05) is 12.1 Å². The number of amidine groups is 1. The molecule has 1 unspecified atom stereocenters. The van der Waals surface area contributed by atoms with Gasteiger partial charge in [0.25, 0.3) is 6.02 Å². The third-order valence-corrected chi connectivity index (χ3v) is 3.51. The van der Waals surface area contributed by atoms with Gasteiger partial charge in [0, 0.05) is 6.42 Å². The molecule has 2 aliphatic rings. The van der Waals surface area contributed by atoms with Crippen molar-refractivity contribution in [1.82, 2.24) is 0 Å². The van der Waals surface area contributed by atoms with Crippen LogP contribution in [0.2, 0.25) is 0 Å². The smallest absolute Gasteiger partial charge is 0.282 e. The number of nitrogens with two attached hydrogens (primary N) is 1. The molecule has 5 heteroatoms. The zero-order valence-electron chi connectivity index (χ0n) is 8.57. The fourth-order valence-corrected chi connectivity index (χ4v) is 2.66. The van der Waals surface area contributed by atoms with Crippen molar-refractivity contribution in [2.24, 2.45) is 10.7 Å². The normalized spacial score (nSPS) is 26.9. The van der Waals surface area contributed by atoms with Crippen molar-refractivity contribution in [1.29, 1.82) is 0 Å². The first-order chi connectivity index (χ1) is 7.69. The first-order valence-electron chi connectivity index (χ1n) is 5.07. The van der Waals surface area contributed by atoms with Crippen LogP contribution in [0.5, 0.6) is 5.75 Å². The summed E-state index contributed by atoms with van der Waals surface area (Å²) in [6.07, 6.45) is 0.808. The Hall–Kier alpha value is -1.23. The topological polar surface area (TPSA) is 56.8 Å². The Kier molecular flexibility index (Phi) is 2.10. The van der Waals surface area contributed by atoms with Crippen molar-refractivity contribution in [3.8, 4) is 5.75 Å². The maximum atomic E-state index is 5.75. The summed E-state index contributed by atoms with van der Waals surface area (Å²) in [5.41, 5.74) is 6.37. The van der Waals surface area contributed by atoms with Gasteiger partial charge in [0.05, 0.1) is 4.47 Å². The van der Waals surface area contributed by atoms with Crippen LogP contribution in [0.4, 0.5) is 0 Å². The lowest BCUT2D eigenvalue weighted by molar-refractivity contribution is 0.152. The van der Waals surface area contributed by atoms with Crippen LogP contribution >= 0.6 is 15.9 Å². The summed E-state index contributed by atoms with van der Waals surface area (Å²) >= 11 is 3.47. The Morgan fingerprint density at radius 3 is 2.88 bits per heavy atom. The molecule has 0 bridgehead atoms. The molecular formula is C11H11BrN2O2. The van der Waals surface area contributed by atoms with Crippen LogP contribution in [0, 0.1) is 0 Å². The van der Waals surface area contributed by atoms with Crippen molar-refractivity contribution < 1.29 is 9.47 Å². The maximum absolute atomic E-state index is 5.75. The number of ether oxygens (including phenoxy) is 2. The lowest BCUT2D eigenvalue weighted by atomic mass is 9.91. The van der Waals surface area contributed by atoms with E-state index in [0.29, 0.717) is 13.2 Å². The lowest BCUT2D eigenvalue weighted by Gasteiger charge is -2.30. The van der Waals surface area contributed by atoms with Gasteiger partial charge in [-0.05, 0) is 27.6 Å². The van der Waals surface area contributed by atoms with Crippen LogP contribution in [0.15, 0.2) is 27.7 Å². The third kappa shape index (κ3) is 1.46. The number of benzene rings is 1. The predicted octanol–water partition coefficient (Wildman–Crippen LogP) is 1.47. The van der Waals surface area contributed by atoms with E-state index in [1.807, 2.05) is 18.2 Å². The van der Waals surface area contributed by atoms with Crippen molar-refractivity contribution in [2.75, 3.05) is 13.2 Å². The van der Waals surface area contributed by atoms with E-state index in [1.54, 1.807) is 0 Å². The van der Waals surface area contributed by atoms with E-state index in [-0.39, 0.29) is 11.6 Å². The second-order valence-corrected chi connectivity index (χ2v) is 5.01. The highest BCUT2D eigenvalue weighted by molar-refractivity contribution is 9.10. The van der Waals surface area contributed by atoms with Crippen molar-refractivity contribution in [2.45, 2.75) is 12.0 Å².